The number of hydrogen-bond donors (Lipinski definition) is 2. The van der Waals surface area contributed by atoms with Crippen molar-refractivity contribution in [3.63, 3.8) is 0 Å². The van der Waals surface area contributed by atoms with Crippen LogP contribution in [-0.4, -0.2) is 55.3 Å². The van der Waals surface area contributed by atoms with Crippen molar-refractivity contribution in [3.8, 4) is 0 Å². The topological polar surface area (TPSA) is 79.4 Å². The molecule has 2 aromatic rings. The van der Waals surface area contributed by atoms with Gasteiger partial charge in [-0.15, -0.1) is 0 Å². The van der Waals surface area contributed by atoms with E-state index in [1.54, 1.807) is 0 Å². The number of halogens is 2. The lowest BCUT2D eigenvalue weighted by Crippen LogP contribution is -2.37. The van der Waals surface area contributed by atoms with E-state index in [0.717, 1.165) is 31.0 Å². The fourth-order valence-electron chi connectivity index (χ4n) is 2.73. The molecule has 1 aliphatic rings. The molecule has 1 saturated heterocycles. The molecule has 1 aromatic carbocycles. The highest BCUT2D eigenvalue weighted by Crippen LogP contribution is 2.17. The highest BCUT2D eigenvalue weighted by atomic mass is 19.1. The molecule has 144 valence electrons. The van der Waals surface area contributed by atoms with Gasteiger partial charge in [-0.2, -0.15) is 0 Å². The molecular weight excluding hydrogens is 356 g/mol. The molecule has 0 unspecified atom stereocenters. The predicted molar refractivity (Wildman–Crippen MR) is 97.0 cm³/mol. The van der Waals surface area contributed by atoms with E-state index < -0.39 is 17.5 Å². The molecule has 0 spiro atoms. The van der Waals surface area contributed by atoms with Crippen LogP contribution in [0.15, 0.2) is 24.3 Å². The van der Waals surface area contributed by atoms with Crippen LogP contribution in [0.5, 0.6) is 0 Å². The van der Waals surface area contributed by atoms with Gasteiger partial charge in [0.2, 0.25) is 0 Å². The summed E-state index contributed by atoms with van der Waals surface area (Å²) in [5.74, 6) is -0.0963. The van der Waals surface area contributed by atoms with Gasteiger partial charge in [-0.25, -0.2) is 18.7 Å². The van der Waals surface area contributed by atoms with Gasteiger partial charge < -0.3 is 20.3 Å². The molecule has 27 heavy (non-hydrogen) atoms. The first kappa shape index (κ1) is 19.0. The Morgan fingerprint density at radius 3 is 2.70 bits per heavy atom. The molecule has 0 saturated carbocycles. The molecule has 1 amide bonds. The van der Waals surface area contributed by atoms with Crippen LogP contribution in [0, 0.1) is 18.6 Å². The Kier molecular flexibility index (Phi) is 6.12. The molecule has 0 aliphatic carbocycles. The second-order valence-electron chi connectivity index (χ2n) is 6.06. The number of aromatic nitrogens is 2. The highest BCUT2D eigenvalue weighted by Gasteiger charge is 2.14. The summed E-state index contributed by atoms with van der Waals surface area (Å²) in [6.45, 7) is 5.34. The number of amides is 1. The third-order valence-electron chi connectivity index (χ3n) is 4.05. The van der Waals surface area contributed by atoms with E-state index in [1.807, 2.05) is 13.0 Å². The van der Waals surface area contributed by atoms with Crippen molar-refractivity contribution >= 4 is 17.5 Å². The van der Waals surface area contributed by atoms with Crippen molar-refractivity contribution in [1.29, 1.82) is 0 Å². The van der Waals surface area contributed by atoms with Crippen LogP contribution < -0.4 is 15.5 Å². The molecule has 2 N–H and O–H groups in total. The van der Waals surface area contributed by atoms with E-state index in [-0.39, 0.29) is 12.1 Å². The summed E-state index contributed by atoms with van der Waals surface area (Å²) in [5, 5.41) is 5.71. The lowest BCUT2D eigenvalue weighted by molar-refractivity contribution is 0.0951. The average molecular weight is 377 g/mol. The first-order valence-electron chi connectivity index (χ1n) is 8.68. The lowest BCUT2D eigenvalue weighted by Gasteiger charge is -2.28. The maximum absolute atomic E-state index is 13.6. The average Bonchev–Trinajstić information content (AvgIpc) is 2.65. The number of hydrogen-bond acceptors (Lipinski definition) is 6. The first-order valence-corrected chi connectivity index (χ1v) is 8.68. The molecule has 9 heteroatoms. The van der Waals surface area contributed by atoms with Crippen molar-refractivity contribution < 1.29 is 18.3 Å². The molecule has 1 fully saturated rings. The summed E-state index contributed by atoms with van der Waals surface area (Å²) in [5.41, 5.74) is -0.191. The van der Waals surface area contributed by atoms with E-state index >= 15 is 0 Å². The van der Waals surface area contributed by atoms with Crippen LogP contribution in [0.2, 0.25) is 0 Å². The van der Waals surface area contributed by atoms with Crippen molar-refractivity contribution in [2.24, 2.45) is 0 Å². The van der Waals surface area contributed by atoms with Crippen molar-refractivity contribution in [2.75, 3.05) is 49.6 Å². The van der Waals surface area contributed by atoms with E-state index in [4.69, 9.17) is 4.74 Å². The van der Waals surface area contributed by atoms with Gasteiger partial charge in [-0.1, -0.05) is 0 Å². The Morgan fingerprint density at radius 1 is 1.19 bits per heavy atom. The van der Waals surface area contributed by atoms with Gasteiger partial charge in [0.25, 0.3) is 5.91 Å². The van der Waals surface area contributed by atoms with Gasteiger partial charge in [0.1, 0.15) is 29.1 Å². The number of rotatable bonds is 6. The fourth-order valence-corrected chi connectivity index (χ4v) is 2.73. The molecule has 1 aromatic heterocycles. The van der Waals surface area contributed by atoms with E-state index in [1.165, 1.54) is 0 Å². The minimum absolute atomic E-state index is 0.191. The number of carbonyl (C=O) groups excluding carboxylic acids is 1. The minimum Gasteiger partial charge on any atom is -0.378 e. The van der Waals surface area contributed by atoms with Crippen LogP contribution in [0.3, 0.4) is 0 Å². The van der Waals surface area contributed by atoms with E-state index in [2.05, 4.69) is 25.5 Å². The minimum atomic E-state index is -0.887. The van der Waals surface area contributed by atoms with Gasteiger partial charge in [0.15, 0.2) is 0 Å². The van der Waals surface area contributed by atoms with Gasteiger partial charge >= 0.3 is 0 Å². The quantitative estimate of drug-likeness (QED) is 0.747. The van der Waals surface area contributed by atoms with Gasteiger partial charge in [-0.05, 0) is 19.1 Å². The van der Waals surface area contributed by atoms with E-state index in [0.29, 0.717) is 37.5 Å². The third kappa shape index (κ3) is 5.10. The summed E-state index contributed by atoms with van der Waals surface area (Å²) in [7, 11) is 0. The summed E-state index contributed by atoms with van der Waals surface area (Å²) in [4.78, 5) is 22.9. The van der Waals surface area contributed by atoms with E-state index in [9.17, 15) is 13.6 Å². The largest absolute Gasteiger partial charge is 0.378 e. The monoisotopic (exact) mass is 377 g/mol. The summed E-state index contributed by atoms with van der Waals surface area (Å²) in [6, 6.07) is 4.70. The van der Waals surface area contributed by atoms with Crippen molar-refractivity contribution in [2.45, 2.75) is 6.92 Å². The molecule has 7 nitrogen and oxygen atoms in total. The number of morpholine rings is 1. The fraction of sp³-hybridized carbons (Fsp3) is 0.389. The van der Waals surface area contributed by atoms with Gasteiger partial charge in [0.05, 0.1) is 18.8 Å². The van der Waals surface area contributed by atoms with Crippen LogP contribution in [-0.2, 0) is 4.74 Å². The lowest BCUT2D eigenvalue weighted by atomic mass is 10.2. The zero-order chi connectivity index (χ0) is 19.2. The molecule has 0 bridgehead atoms. The van der Waals surface area contributed by atoms with Crippen LogP contribution in [0.25, 0.3) is 0 Å². The normalized spacial score (nSPS) is 14.1. The van der Waals surface area contributed by atoms with Crippen LogP contribution in [0.1, 0.15) is 16.2 Å². The number of anilines is 2. The van der Waals surface area contributed by atoms with Gasteiger partial charge in [-0.3, -0.25) is 4.79 Å². The Labute approximate surface area is 155 Å². The summed E-state index contributed by atoms with van der Waals surface area (Å²) >= 11 is 0. The number of nitrogens with one attached hydrogen (secondary N) is 2. The smallest absolute Gasteiger partial charge is 0.254 e. The van der Waals surface area contributed by atoms with Gasteiger partial charge in [0, 0.05) is 38.3 Å². The SMILES string of the molecule is Cc1nc(NCCNC(=O)c2ccc(F)cc2F)cc(N2CCOCC2)n1. The highest BCUT2D eigenvalue weighted by molar-refractivity contribution is 5.94. The standard InChI is InChI=1S/C18H21F2N5O2/c1-12-23-16(11-17(24-12)25-6-8-27-9-7-25)21-4-5-22-18(26)14-3-2-13(19)10-15(14)20/h2-3,10-11H,4-9H2,1H3,(H,22,26)(H,21,23,24). The number of benzene rings is 1. The zero-order valence-corrected chi connectivity index (χ0v) is 15.0. The molecule has 0 radical (unpaired) electrons. The number of aryl methyl sites for hydroxylation is 1. The molecular formula is C18H21F2N5O2. The Bertz CT molecular complexity index is 812. The maximum Gasteiger partial charge on any atom is 0.254 e. The number of ether oxygens (including phenoxy) is 1. The molecule has 2 heterocycles. The Morgan fingerprint density at radius 2 is 1.96 bits per heavy atom. The predicted octanol–water partition coefficient (Wildman–Crippen LogP) is 1.74. The Hall–Kier alpha value is -2.81. The Balaban J connectivity index is 1.52. The maximum atomic E-state index is 13.6. The zero-order valence-electron chi connectivity index (χ0n) is 15.0. The van der Waals surface area contributed by atoms with Crippen molar-refractivity contribution in [1.82, 2.24) is 15.3 Å². The summed E-state index contributed by atoms with van der Waals surface area (Å²) in [6.07, 6.45) is 0. The number of carbonyl (C=O) groups is 1. The van der Waals surface area contributed by atoms with Crippen LogP contribution >= 0.6 is 0 Å². The first-order chi connectivity index (χ1) is 13.0. The third-order valence-corrected chi connectivity index (χ3v) is 4.05. The van der Waals surface area contributed by atoms with Crippen LogP contribution in [0.4, 0.5) is 20.4 Å². The van der Waals surface area contributed by atoms with Crippen molar-refractivity contribution in [3.05, 3.63) is 47.3 Å². The molecule has 0 atom stereocenters. The molecule has 3 rings (SSSR count). The second kappa shape index (κ2) is 8.72. The second-order valence-corrected chi connectivity index (χ2v) is 6.06. The number of nitrogens with zero attached hydrogens (tertiary/aromatic N) is 3. The molecule has 1 aliphatic heterocycles. The summed E-state index contributed by atoms with van der Waals surface area (Å²) < 4.78 is 31.8.